The molecule has 0 aliphatic heterocycles. The van der Waals surface area contributed by atoms with Gasteiger partial charge < -0.3 is 8.85 Å². The van der Waals surface area contributed by atoms with Crippen LogP contribution in [0.3, 0.4) is 0 Å². The van der Waals surface area contributed by atoms with Crippen LogP contribution in [0.5, 0.6) is 0 Å². The number of hydrogen-bond donors (Lipinski definition) is 0. The van der Waals surface area contributed by atoms with Crippen molar-refractivity contribution < 1.29 is 8.85 Å². The maximum atomic E-state index is 6.45. The molecule has 4 heteroatoms. The lowest BCUT2D eigenvalue weighted by atomic mass is 10.4. The van der Waals surface area contributed by atoms with E-state index in [1.165, 1.54) is 74.8 Å². The third-order valence-corrected chi connectivity index (χ3v) is 15.2. The lowest BCUT2D eigenvalue weighted by Crippen LogP contribution is -2.38. The molecule has 0 N–H and O–H groups in total. The fourth-order valence-electron chi connectivity index (χ4n) is 3.52. The summed E-state index contributed by atoms with van der Waals surface area (Å²) >= 11 is 0. The SMILES string of the molecule is CCCCO[Si](CC)(CC)CCCC[Si](CC)(CC)OCCCC. The van der Waals surface area contributed by atoms with Gasteiger partial charge in [0, 0.05) is 13.2 Å². The van der Waals surface area contributed by atoms with E-state index in [2.05, 4.69) is 41.5 Å². The molecular formula is C20H46O2Si2. The van der Waals surface area contributed by atoms with Crippen molar-refractivity contribution in [3.05, 3.63) is 0 Å². The molecule has 0 unspecified atom stereocenters. The molecule has 0 bridgehead atoms. The van der Waals surface area contributed by atoms with E-state index in [0.29, 0.717) is 0 Å². The Kier molecular flexibility index (Phi) is 14.7. The number of rotatable bonds is 17. The van der Waals surface area contributed by atoms with E-state index in [1.807, 2.05) is 0 Å². The average molecular weight is 375 g/mol. The van der Waals surface area contributed by atoms with Gasteiger partial charge in [0.2, 0.25) is 0 Å². The molecule has 0 heterocycles. The summed E-state index contributed by atoms with van der Waals surface area (Å²) in [7, 11) is -2.91. The van der Waals surface area contributed by atoms with Crippen molar-refractivity contribution in [1.29, 1.82) is 0 Å². The van der Waals surface area contributed by atoms with Gasteiger partial charge in [0.15, 0.2) is 16.6 Å². The molecule has 0 radical (unpaired) electrons. The van der Waals surface area contributed by atoms with Crippen LogP contribution in [-0.4, -0.2) is 29.8 Å². The minimum absolute atomic E-state index is 0.993. The van der Waals surface area contributed by atoms with Gasteiger partial charge >= 0.3 is 0 Å². The summed E-state index contributed by atoms with van der Waals surface area (Å²) in [6, 6.07) is 7.84. The Labute approximate surface area is 155 Å². The molecule has 0 aromatic rings. The highest BCUT2D eigenvalue weighted by Crippen LogP contribution is 2.29. The standard InChI is InChI=1S/C20H46O2Si2/c1-7-13-17-21-23(9-3,10-4)19-15-16-20-24(11-5,12-6)22-18-14-8-2/h7-20H2,1-6H3. The Morgan fingerprint density at radius 1 is 0.500 bits per heavy atom. The number of hydrogen-bond acceptors (Lipinski definition) is 2. The summed E-state index contributed by atoms with van der Waals surface area (Å²) < 4.78 is 12.9. The van der Waals surface area contributed by atoms with E-state index in [1.54, 1.807) is 0 Å². The van der Waals surface area contributed by atoms with E-state index in [0.717, 1.165) is 13.2 Å². The third kappa shape index (κ3) is 9.16. The zero-order valence-corrected chi connectivity index (χ0v) is 19.7. The van der Waals surface area contributed by atoms with Gasteiger partial charge in [-0.3, -0.25) is 0 Å². The molecule has 0 atom stereocenters. The lowest BCUT2D eigenvalue weighted by molar-refractivity contribution is 0.286. The maximum absolute atomic E-state index is 6.45. The molecule has 0 fully saturated rings. The molecule has 0 spiro atoms. The zero-order chi connectivity index (χ0) is 18.3. The fourth-order valence-corrected chi connectivity index (χ4v) is 9.98. The Balaban J connectivity index is 4.36. The molecule has 146 valence electrons. The molecule has 0 aliphatic carbocycles. The third-order valence-electron chi connectivity index (χ3n) is 5.90. The maximum Gasteiger partial charge on any atom is 0.192 e. The summed E-state index contributed by atoms with van der Waals surface area (Å²) in [6.45, 7) is 15.9. The van der Waals surface area contributed by atoms with Crippen LogP contribution in [0.1, 0.15) is 80.1 Å². The van der Waals surface area contributed by atoms with Crippen LogP contribution in [0.4, 0.5) is 0 Å². The normalized spacial score (nSPS) is 12.8. The van der Waals surface area contributed by atoms with Crippen molar-refractivity contribution in [2.75, 3.05) is 13.2 Å². The van der Waals surface area contributed by atoms with Crippen LogP contribution in [0.2, 0.25) is 36.3 Å². The van der Waals surface area contributed by atoms with Crippen molar-refractivity contribution in [3.63, 3.8) is 0 Å². The largest absolute Gasteiger partial charge is 0.417 e. The Morgan fingerprint density at radius 2 is 0.833 bits per heavy atom. The average Bonchev–Trinajstić information content (AvgIpc) is 2.62. The summed E-state index contributed by atoms with van der Waals surface area (Å²) in [5.74, 6) is 0. The van der Waals surface area contributed by atoms with Crippen molar-refractivity contribution in [3.8, 4) is 0 Å². The molecule has 0 aromatic heterocycles. The van der Waals surface area contributed by atoms with E-state index < -0.39 is 16.6 Å². The van der Waals surface area contributed by atoms with Gasteiger partial charge in [-0.15, -0.1) is 0 Å². The predicted molar refractivity (Wildman–Crippen MR) is 114 cm³/mol. The topological polar surface area (TPSA) is 18.5 Å². The molecule has 2 nitrogen and oxygen atoms in total. The summed E-state index contributed by atoms with van der Waals surface area (Å²) in [6.07, 6.45) is 7.64. The minimum atomic E-state index is -1.45. The van der Waals surface area contributed by atoms with Gasteiger partial charge in [0.25, 0.3) is 0 Å². The highest BCUT2D eigenvalue weighted by molar-refractivity contribution is 6.74. The van der Waals surface area contributed by atoms with Gasteiger partial charge in [0.05, 0.1) is 0 Å². The van der Waals surface area contributed by atoms with E-state index in [4.69, 9.17) is 8.85 Å². The molecule has 0 saturated heterocycles. The Morgan fingerprint density at radius 3 is 1.08 bits per heavy atom. The Hall–Kier alpha value is 0.354. The van der Waals surface area contributed by atoms with Crippen molar-refractivity contribution in [2.45, 2.75) is 116 Å². The van der Waals surface area contributed by atoms with Crippen LogP contribution >= 0.6 is 0 Å². The number of unbranched alkanes of at least 4 members (excludes halogenated alkanes) is 3. The molecule has 0 aliphatic rings. The quantitative estimate of drug-likeness (QED) is 0.195. The first-order chi connectivity index (χ1) is 11.6. The lowest BCUT2D eigenvalue weighted by Gasteiger charge is -2.32. The first-order valence-corrected chi connectivity index (χ1v) is 15.9. The molecule has 0 rings (SSSR count). The molecule has 24 heavy (non-hydrogen) atoms. The second kappa shape index (κ2) is 14.5. The first kappa shape index (κ1) is 24.4. The molecule has 0 aromatic carbocycles. The highest BCUT2D eigenvalue weighted by atomic mass is 28.4. The second-order valence-electron chi connectivity index (χ2n) is 7.39. The first-order valence-electron chi connectivity index (χ1n) is 10.8. The summed E-state index contributed by atoms with van der Waals surface area (Å²) in [4.78, 5) is 0. The molecular weight excluding hydrogens is 328 g/mol. The van der Waals surface area contributed by atoms with E-state index >= 15 is 0 Å². The monoisotopic (exact) mass is 374 g/mol. The summed E-state index contributed by atoms with van der Waals surface area (Å²) in [5, 5.41) is 0. The van der Waals surface area contributed by atoms with Crippen molar-refractivity contribution in [1.82, 2.24) is 0 Å². The van der Waals surface area contributed by atoms with Gasteiger partial charge in [-0.1, -0.05) is 67.2 Å². The zero-order valence-electron chi connectivity index (χ0n) is 17.7. The van der Waals surface area contributed by atoms with Gasteiger partial charge in [-0.25, -0.2) is 0 Å². The minimum Gasteiger partial charge on any atom is -0.417 e. The van der Waals surface area contributed by atoms with Crippen molar-refractivity contribution >= 4 is 16.6 Å². The van der Waals surface area contributed by atoms with Gasteiger partial charge in [-0.2, -0.15) is 0 Å². The molecule has 0 saturated carbocycles. The molecule has 0 amide bonds. The second-order valence-corrected chi connectivity index (χ2v) is 16.5. The van der Waals surface area contributed by atoms with Gasteiger partial charge in [-0.05, 0) is 49.1 Å². The van der Waals surface area contributed by atoms with E-state index in [-0.39, 0.29) is 0 Å². The van der Waals surface area contributed by atoms with Crippen LogP contribution in [-0.2, 0) is 8.85 Å². The van der Waals surface area contributed by atoms with Crippen LogP contribution in [0.25, 0.3) is 0 Å². The van der Waals surface area contributed by atoms with E-state index in [9.17, 15) is 0 Å². The smallest absolute Gasteiger partial charge is 0.192 e. The van der Waals surface area contributed by atoms with Crippen LogP contribution < -0.4 is 0 Å². The fraction of sp³-hybridized carbons (Fsp3) is 1.00. The van der Waals surface area contributed by atoms with Gasteiger partial charge in [0.1, 0.15) is 0 Å². The highest BCUT2D eigenvalue weighted by Gasteiger charge is 2.33. The Bertz CT molecular complexity index is 249. The summed E-state index contributed by atoms with van der Waals surface area (Å²) in [5.41, 5.74) is 0. The van der Waals surface area contributed by atoms with Crippen molar-refractivity contribution in [2.24, 2.45) is 0 Å². The van der Waals surface area contributed by atoms with Crippen LogP contribution in [0, 0.1) is 0 Å². The predicted octanol–water partition coefficient (Wildman–Crippen LogP) is 7.37. The van der Waals surface area contributed by atoms with Crippen LogP contribution in [0.15, 0.2) is 0 Å².